The predicted octanol–water partition coefficient (Wildman–Crippen LogP) is 1.86. The third-order valence-corrected chi connectivity index (χ3v) is 4.08. The van der Waals surface area contributed by atoms with Crippen LogP contribution in [-0.4, -0.2) is 56.7 Å². The number of nitrogens with one attached hydrogen (secondary N) is 2. The first kappa shape index (κ1) is 20.2. The molecule has 130 valence electrons. The van der Waals surface area contributed by atoms with Crippen LogP contribution in [0.3, 0.4) is 0 Å². The molecule has 0 spiro atoms. The van der Waals surface area contributed by atoms with Gasteiger partial charge in [0, 0.05) is 43.9 Å². The minimum Gasteiger partial charge on any atom is -0.380 e. The number of piperazine rings is 1. The minimum atomic E-state index is 0. The molecule has 1 unspecified atom stereocenters. The molecule has 1 heterocycles. The Morgan fingerprint density at radius 3 is 3.00 bits per heavy atom. The van der Waals surface area contributed by atoms with Crippen LogP contribution in [0.15, 0.2) is 24.3 Å². The van der Waals surface area contributed by atoms with Crippen molar-refractivity contribution in [2.24, 2.45) is 0 Å². The Kier molecular flexibility index (Phi) is 9.52. The highest BCUT2D eigenvalue weighted by Crippen LogP contribution is 2.28. The van der Waals surface area contributed by atoms with Crippen LogP contribution in [0.4, 0.5) is 0 Å². The third-order valence-electron chi connectivity index (χ3n) is 3.74. The second-order valence-electron chi connectivity index (χ2n) is 5.26. The molecule has 2 rings (SSSR count). The van der Waals surface area contributed by atoms with E-state index in [0.29, 0.717) is 26.3 Å². The SMILES string of the molecule is CCOCCNC(=O)CN1CCNCC1c1ccccc1Cl.Cl. The summed E-state index contributed by atoms with van der Waals surface area (Å²) >= 11 is 6.31. The van der Waals surface area contributed by atoms with E-state index in [4.69, 9.17) is 16.3 Å². The fraction of sp³-hybridized carbons (Fsp3) is 0.562. The number of carbonyl (C=O) groups is 1. The van der Waals surface area contributed by atoms with Gasteiger partial charge in [-0.3, -0.25) is 9.69 Å². The molecule has 1 fully saturated rings. The Balaban J connectivity index is 0.00000264. The van der Waals surface area contributed by atoms with Crippen molar-refractivity contribution in [2.75, 3.05) is 45.9 Å². The maximum Gasteiger partial charge on any atom is 0.234 e. The highest BCUT2D eigenvalue weighted by molar-refractivity contribution is 6.31. The van der Waals surface area contributed by atoms with Gasteiger partial charge in [-0.15, -0.1) is 12.4 Å². The summed E-state index contributed by atoms with van der Waals surface area (Å²) in [5, 5.41) is 7.01. The lowest BCUT2D eigenvalue weighted by atomic mass is 10.0. The number of hydrogen-bond donors (Lipinski definition) is 2. The van der Waals surface area contributed by atoms with Gasteiger partial charge in [-0.25, -0.2) is 0 Å². The lowest BCUT2D eigenvalue weighted by Gasteiger charge is -2.36. The average molecular weight is 362 g/mol. The van der Waals surface area contributed by atoms with E-state index in [0.717, 1.165) is 30.2 Å². The number of benzene rings is 1. The van der Waals surface area contributed by atoms with Crippen molar-refractivity contribution in [2.45, 2.75) is 13.0 Å². The average Bonchev–Trinajstić information content (AvgIpc) is 2.53. The molecule has 1 aromatic carbocycles. The van der Waals surface area contributed by atoms with Crippen LogP contribution in [0.5, 0.6) is 0 Å². The van der Waals surface area contributed by atoms with Crippen LogP contribution in [0.1, 0.15) is 18.5 Å². The van der Waals surface area contributed by atoms with Crippen LogP contribution < -0.4 is 10.6 Å². The van der Waals surface area contributed by atoms with E-state index < -0.39 is 0 Å². The predicted molar refractivity (Wildman–Crippen MR) is 95.4 cm³/mol. The number of halogens is 2. The maximum absolute atomic E-state index is 12.1. The van der Waals surface area contributed by atoms with E-state index >= 15 is 0 Å². The second-order valence-corrected chi connectivity index (χ2v) is 5.67. The monoisotopic (exact) mass is 361 g/mol. The summed E-state index contributed by atoms with van der Waals surface area (Å²) in [6.07, 6.45) is 0. The molecule has 1 aliphatic rings. The minimum absolute atomic E-state index is 0. The summed E-state index contributed by atoms with van der Waals surface area (Å²) in [4.78, 5) is 14.2. The molecule has 1 aliphatic heterocycles. The van der Waals surface area contributed by atoms with Gasteiger partial charge in [-0.2, -0.15) is 0 Å². The number of rotatable bonds is 7. The highest BCUT2D eigenvalue weighted by Gasteiger charge is 2.26. The van der Waals surface area contributed by atoms with Gasteiger partial charge >= 0.3 is 0 Å². The zero-order valence-corrected chi connectivity index (χ0v) is 15.0. The van der Waals surface area contributed by atoms with E-state index in [-0.39, 0.29) is 24.4 Å². The Labute approximate surface area is 149 Å². The summed E-state index contributed by atoms with van der Waals surface area (Å²) in [7, 11) is 0. The summed E-state index contributed by atoms with van der Waals surface area (Å²) in [5.41, 5.74) is 1.07. The maximum atomic E-state index is 12.1. The fourth-order valence-corrected chi connectivity index (χ4v) is 2.90. The van der Waals surface area contributed by atoms with Crippen molar-refractivity contribution in [3.8, 4) is 0 Å². The first-order chi connectivity index (χ1) is 10.7. The van der Waals surface area contributed by atoms with Crippen LogP contribution in [0, 0.1) is 0 Å². The molecule has 1 aromatic rings. The normalized spacial score (nSPS) is 18.3. The van der Waals surface area contributed by atoms with Gasteiger partial charge in [0.25, 0.3) is 0 Å². The van der Waals surface area contributed by atoms with E-state index in [1.165, 1.54) is 0 Å². The molecule has 1 atom stereocenters. The molecule has 0 aliphatic carbocycles. The molecule has 2 N–H and O–H groups in total. The Hall–Kier alpha value is -0.850. The number of amides is 1. The van der Waals surface area contributed by atoms with Gasteiger partial charge in [-0.05, 0) is 18.6 Å². The van der Waals surface area contributed by atoms with Crippen LogP contribution in [0.2, 0.25) is 5.02 Å². The number of hydrogen-bond acceptors (Lipinski definition) is 4. The van der Waals surface area contributed by atoms with Gasteiger partial charge < -0.3 is 15.4 Å². The van der Waals surface area contributed by atoms with Crippen molar-refractivity contribution < 1.29 is 9.53 Å². The van der Waals surface area contributed by atoms with E-state index in [1.54, 1.807) is 0 Å². The van der Waals surface area contributed by atoms with Crippen molar-refractivity contribution in [1.29, 1.82) is 0 Å². The number of ether oxygens (including phenoxy) is 1. The van der Waals surface area contributed by atoms with Crippen molar-refractivity contribution in [3.05, 3.63) is 34.9 Å². The van der Waals surface area contributed by atoms with E-state index in [2.05, 4.69) is 15.5 Å². The van der Waals surface area contributed by atoms with Crippen LogP contribution in [0.25, 0.3) is 0 Å². The third kappa shape index (κ3) is 6.28. The summed E-state index contributed by atoms with van der Waals surface area (Å²) in [6, 6.07) is 7.95. The number of carbonyl (C=O) groups excluding carboxylic acids is 1. The zero-order chi connectivity index (χ0) is 15.8. The van der Waals surface area contributed by atoms with Gasteiger partial charge in [0.1, 0.15) is 0 Å². The molecule has 0 bridgehead atoms. The van der Waals surface area contributed by atoms with E-state index in [1.807, 2.05) is 31.2 Å². The lowest BCUT2D eigenvalue weighted by Crippen LogP contribution is -2.49. The quantitative estimate of drug-likeness (QED) is 0.727. The standard InChI is InChI=1S/C16H24ClN3O2.ClH/c1-2-22-10-8-19-16(21)12-20-9-7-18-11-15(20)13-5-3-4-6-14(13)17;/h3-6,15,18H,2,7-12H2,1H3,(H,19,21);1H. The lowest BCUT2D eigenvalue weighted by molar-refractivity contribution is -0.123. The molecular formula is C16H25Cl2N3O2. The molecule has 23 heavy (non-hydrogen) atoms. The molecule has 0 saturated carbocycles. The Morgan fingerprint density at radius 1 is 1.48 bits per heavy atom. The van der Waals surface area contributed by atoms with E-state index in [9.17, 15) is 4.79 Å². The topological polar surface area (TPSA) is 53.6 Å². The summed E-state index contributed by atoms with van der Waals surface area (Å²) in [5.74, 6) is 0.0265. The fourth-order valence-electron chi connectivity index (χ4n) is 2.63. The van der Waals surface area contributed by atoms with Gasteiger partial charge in [-0.1, -0.05) is 29.8 Å². The zero-order valence-electron chi connectivity index (χ0n) is 13.4. The van der Waals surface area contributed by atoms with Gasteiger partial charge in [0.05, 0.1) is 13.2 Å². The summed E-state index contributed by atoms with van der Waals surface area (Å²) < 4.78 is 5.22. The molecule has 0 aromatic heterocycles. The molecular weight excluding hydrogens is 337 g/mol. The van der Waals surface area contributed by atoms with Crippen LogP contribution in [-0.2, 0) is 9.53 Å². The Bertz CT molecular complexity index is 488. The molecule has 1 amide bonds. The largest absolute Gasteiger partial charge is 0.380 e. The highest BCUT2D eigenvalue weighted by atomic mass is 35.5. The van der Waals surface area contributed by atoms with Crippen molar-refractivity contribution >= 4 is 29.9 Å². The second kappa shape index (κ2) is 10.8. The summed E-state index contributed by atoms with van der Waals surface area (Å²) in [6.45, 7) is 6.61. The Morgan fingerprint density at radius 2 is 2.26 bits per heavy atom. The first-order valence-corrected chi connectivity index (χ1v) is 8.13. The molecule has 1 saturated heterocycles. The van der Waals surface area contributed by atoms with Gasteiger partial charge in [0.2, 0.25) is 5.91 Å². The van der Waals surface area contributed by atoms with Gasteiger partial charge in [0.15, 0.2) is 0 Å². The molecule has 0 radical (unpaired) electrons. The first-order valence-electron chi connectivity index (χ1n) is 7.76. The number of nitrogens with zero attached hydrogens (tertiary/aromatic N) is 1. The van der Waals surface area contributed by atoms with Crippen molar-refractivity contribution in [1.82, 2.24) is 15.5 Å². The smallest absolute Gasteiger partial charge is 0.234 e. The molecule has 7 heteroatoms. The van der Waals surface area contributed by atoms with Crippen molar-refractivity contribution in [3.63, 3.8) is 0 Å². The molecule has 5 nitrogen and oxygen atoms in total. The van der Waals surface area contributed by atoms with Crippen LogP contribution >= 0.6 is 24.0 Å².